The van der Waals surface area contributed by atoms with Gasteiger partial charge in [-0.1, -0.05) is 54.1 Å². The Morgan fingerprint density at radius 1 is 0.833 bits per heavy atom. The lowest BCUT2D eigenvalue weighted by atomic mass is 10.2. The van der Waals surface area contributed by atoms with E-state index < -0.39 is 0 Å². The van der Waals surface area contributed by atoms with Crippen molar-refractivity contribution in [1.82, 2.24) is 5.32 Å². The number of anilines is 1. The van der Waals surface area contributed by atoms with Crippen LogP contribution in [0.15, 0.2) is 54.6 Å². The molecule has 0 aromatic heterocycles. The quantitative estimate of drug-likeness (QED) is 0.777. The molecule has 0 amide bonds. The minimum absolute atomic E-state index is 0.764. The minimum Gasteiger partial charge on any atom is -0.383 e. The number of benzene rings is 2. The molecule has 0 bridgehead atoms. The molecule has 2 aromatic rings. The van der Waals surface area contributed by atoms with Crippen LogP contribution in [0.5, 0.6) is 0 Å². The van der Waals surface area contributed by atoms with E-state index in [-0.39, 0.29) is 0 Å². The van der Waals surface area contributed by atoms with Gasteiger partial charge in [0.1, 0.15) is 0 Å². The number of para-hydroxylation sites is 1. The van der Waals surface area contributed by atoms with Crippen LogP contribution in [0, 0.1) is 0 Å². The molecule has 0 heterocycles. The molecule has 0 aliphatic rings. The van der Waals surface area contributed by atoms with Crippen LogP contribution in [0.2, 0.25) is 5.02 Å². The standard InChI is InChI=1S/C15H17ClN2/c16-14-8-4-5-9-15(14)18-11-10-17-12-13-6-2-1-3-7-13/h1-9,17-18H,10-12H2. The van der Waals surface area contributed by atoms with Gasteiger partial charge in [-0.15, -0.1) is 0 Å². The second-order valence-corrected chi connectivity index (χ2v) is 4.48. The zero-order valence-corrected chi connectivity index (χ0v) is 11.0. The van der Waals surface area contributed by atoms with Gasteiger partial charge >= 0.3 is 0 Å². The number of hydrogen-bond donors (Lipinski definition) is 2. The lowest BCUT2D eigenvalue weighted by Crippen LogP contribution is -2.21. The van der Waals surface area contributed by atoms with E-state index in [4.69, 9.17) is 11.6 Å². The maximum atomic E-state index is 6.05. The van der Waals surface area contributed by atoms with E-state index in [2.05, 4.69) is 34.9 Å². The molecule has 2 aromatic carbocycles. The normalized spacial score (nSPS) is 10.3. The van der Waals surface area contributed by atoms with E-state index in [1.54, 1.807) is 0 Å². The molecule has 0 aliphatic heterocycles. The van der Waals surface area contributed by atoms with E-state index >= 15 is 0 Å². The molecule has 0 fully saturated rings. The van der Waals surface area contributed by atoms with Gasteiger partial charge in [0.2, 0.25) is 0 Å². The van der Waals surface area contributed by atoms with Crippen LogP contribution in [0.1, 0.15) is 5.56 Å². The summed E-state index contributed by atoms with van der Waals surface area (Å²) in [6, 6.07) is 18.2. The van der Waals surface area contributed by atoms with Crippen molar-refractivity contribution in [2.24, 2.45) is 0 Å². The molecule has 3 heteroatoms. The number of nitrogens with one attached hydrogen (secondary N) is 2. The van der Waals surface area contributed by atoms with Gasteiger partial charge < -0.3 is 10.6 Å². The van der Waals surface area contributed by atoms with Crippen LogP contribution in [0.3, 0.4) is 0 Å². The molecule has 0 aliphatic carbocycles. The summed E-state index contributed by atoms with van der Waals surface area (Å²) < 4.78 is 0. The van der Waals surface area contributed by atoms with E-state index in [1.807, 2.05) is 30.3 Å². The van der Waals surface area contributed by atoms with E-state index in [0.717, 1.165) is 30.3 Å². The molecule has 0 radical (unpaired) electrons. The maximum absolute atomic E-state index is 6.05. The summed E-state index contributed by atoms with van der Waals surface area (Å²) in [4.78, 5) is 0. The van der Waals surface area contributed by atoms with Crippen molar-refractivity contribution in [2.75, 3.05) is 18.4 Å². The zero-order valence-electron chi connectivity index (χ0n) is 10.2. The van der Waals surface area contributed by atoms with Crippen molar-refractivity contribution in [1.29, 1.82) is 0 Å². The molecule has 0 saturated carbocycles. The van der Waals surface area contributed by atoms with Crippen molar-refractivity contribution < 1.29 is 0 Å². The molecule has 2 nitrogen and oxygen atoms in total. The molecule has 18 heavy (non-hydrogen) atoms. The first-order valence-electron chi connectivity index (χ1n) is 6.09. The highest BCUT2D eigenvalue weighted by Gasteiger charge is 1.96. The first kappa shape index (κ1) is 12.9. The van der Waals surface area contributed by atoms with E-state index in [1.165, 1.54) is 5.56 Å². The topological polar surface area (TPSA) is 24.1 Å². The molecule has 0 spiro atoms. The van der Waals surface area contributed by atoms with Gasteiger partial charge in [-0.05, 0) is 17.7 Å². The lowest BCUT2D eigenvalue weighted by Gasteiger charge is -2.09. The van der Waals surface area contributed by atoms with Gasteiger partial charge in [0.05, 0.1) is 10.7 Å². The van der Waals surface area contributed by atoms with E-state index in [9.17, 15) is 0 Å². The second kappa shape index (κ2) is 7.04. The van der Waals surface area contributed by atoms with Crippen molar-refractivity contribution in [3.05, 3.63) is 65.2 Å². The molecule has 2 N–H and O–H groups in total. The summed E-state index contributed by atoms with van der Waals surface area (Å²) in [5, 5.41) is 7.45. The summed E-state index contributed by atoms with van der Waals surface area (Å²) in [5.41, 5.74) is 2.29. The Hall–Kier alpha value is -1.51. The Labute approximate surface area is 113 Å². The maximum Gasteiger partial charge on any atom is 0.0637 e. The van der Waals surface area contributed by atoms with Gasteiger partial charge in [-0.25, -0.2) is 0 Å². The van der Waals surface area contributed by atoms with Crippen molar-refractivity contribution in [2.45, 2.75) is 6.54 Å². The fraction of sp³-hybridized carbons (Fsp3) is 0.200. The first-order chi connectivity index (χ1) is 8.86. The first-order valence-corrected chi connectivity index (χ1v) is 6.47. The third kappa shape index (κ3) is 4.06. The fourth-order valence-electron chi connectivity index (χ4n) is 1.72. The SMILES string of the molecule is Clc1ccccc1NCCNCc1ccccc1. The van der Waals surface area contributed by atoms with Gasteiger partial charge in [-0.2, -0.15) is 0 Å². The number of rotatable bonds is 6. The van der Waals surface area contributed by atoms with Crippen molar-refractivity contribution in [3.8, 4) is 0 Å². The van der Waals surface area contributed by atoms with Crippen LogP contribution in [-0.4, -0.2) is 13.1 Å². The molecule has 0 saturated heterocycles. The molecular formula is C15H17ClN2. The molecule has 94 valence electrons. The molecule has 2 rings (SSSR count). The smallest absolute Gasteiger partial charge is 0.0637 e. The highest BCUT2D eigenvalue weighted by atomic mass is 35.5. The van der Waals surface area contributed by atoms with Gasteiger partial charge in [0.15, 0.2) is 0 Å². The Morgan fingerprint density at radius 3 is 2.33 bits per heavy atom. The predicted molar refractivity (Wildman–Crippen MR) is 78.1 cm³/mol. The summed E-state index contributed by atoms with van der Waals surface area (Å²) in [6.45, 7) is 2.65. The van der Waals surface area contributed by atoms with Crippen LogP contribution in [0.4, 0.5) is 5.69 Å². The number of halogens is 1. The minimum atomic E-state index is 0.764. The number of hydrogen-bond acceptors (Lipinski definition) is 2. The Balaban J connectivity index is 1.66. The van der Waals surface area contributed by atoms with E-state index in [0.29, 0.717) is 0 Å². The largest absolute Gasteiger partial charge is 0.383 e. The molecular weight excluding hydrogens is 244 g/mol. The second-order valence-electron chi connectivity index (χ2n) is 4.07. The highest BCUT2D eigenvalue weighted by molar-refractivity contribution is 6.33. The summed E-state index contributed by atoms with van der Waals surface area (Å²) in [5.74, 6) is 0. The fourth-order valence-corrected chi connectivity index (χ4v) is 1.92. The predicted octanol–water partition coefficient (Wildman–Crippen LogP) is 3.54. The summed E-state index contributed by atoms with van der Waals surface area (Å²) in [7, 11) is 0. The third-order valence-electron chi connectivity index (χ3n) is 2.66. The summed E-state index contributed by atoms with van der Waals surface area (Å²) >= 11 is 6.05. The Kier molecular flexibility index (Phi) is 5.06. The van der Waals surface area contributed by atoms with Crippen LogP contribution in [-0.2, 0) is 6.54 Å². The van der Waals surface area contributed by atoms with Crippen LogP contribution in [0.25, 0.3) is 0 Å². The average Bonchev–Trinajstić information content (AvgIpc) is 2.42. The average molecular weight is 261 g/mol. The third-order valence-corrected chi connectivity index (χ3v) is 2.99. The Morgan fingerprint density at radius 2 is 1.56 bits per heavy atom. The highest BCUT2D eigenvalue weighted by Crippen LogP contribution is 2.19. The molecule has 0 unspecified atom stereocenters. The van der Waals surface area contributed by atoms with Gasteiger partial charge in [0, 0.05) is 19.6 Å². The van der Waals surface area contributed by atoms with Gasteiger partial charge in [-0.3, -0.25) is 0 Å². The molecule has 0 atom stereocenters. The zero-order chi connectivity index (χ0) is 12.6. The van der Waals surface area contributed by atoms with Gasteiger partial charge in [0.25, 0.3) is 0 Å². The van der Waals surface area contributed by atoms with Crippen LogP contribution >= 0.6 is 11.6 Å². The van der Waals surface area contributed by atoms with Crippen molar-refractivity contribution in [3.63, 3.8) is 0 Å². The van der Waals surface area contributed by atoms with Crippen LogP contribution < -0.4 is 10.6 Å². The van der Waals surface area contributed by atoms with Crippen molar-refractivity contribution >= 4 is 17.3 Å². The summed E-state index contributed by atoms with van der Waals surface area (Å²) in [6.07, 6.45) is 0. The monoisotopic (exact) mass is 260 g/mol. The lowest BCUT2D eigenvalue weighted by molar-refractivity contribution is 0.707. The Bertz CT molecular complexity index is 471.